The number of amides is 2. The molecule has 2 saturated heterocycles. The standard InChI is InChI=1S/C24H40BN5O5/c1-16(29-21(32)33-22(2,3)4)19(31)26-15-18-11-9-10-12-30(18)20-27-13-17(14-28-20)25-34-23(5,6)24(7,8)35-25/h13-14,16,18H,9-12,15H2,1-8H3,(H,26,31)(H,29,32)/t16-,18-/m1/s1. The minimum atomic E-state index is -0.711. The third-order valence-electron chi connectivity index (χ3n) is 6.71. The van der Waals surface area contributed by atoms with Gasteiger partial charge in [0.25, 0.3) is 0 Å². The van der Waals surface area contributed by atoms with E-state index >= 15 is 0 Å². The van der Waals surface area contributed by atoms with Gasteiger partial charge in [-0.3, -0.25) is 4.79 Å². The van der Waals surface area contributed by atoms with E-state index in [2.05, 4.69) is 25.5 Å². The van der Waals surface area contributed by atoms with Gasteiger partial charge in [0, 0.05) is 37.0 Å². The summed E-state index contributed by atoms with van der Waals surface area (Å²) in [7, 11) is -0.510. The highest BCUT2D eigenvalue weighted by atomic mass is 16.7. The molecule has 3 heterocycles. The first-order chi connectivity index (χ1) is 16.2. The highest BCUT2D eigenvalue weighted by Gasteiger charge is 2.52. The zero-order chi connectivity index (χ0) is 26.0. The molecule has 1 aromatic rings. The third kappa shape index (κ3) is 6.85. The van der Waals surface area contributed by atoms with Crippen LogP contribution in [0.5, 0.6) is 0 Å². The van der Waals surface area contributed by atoms with E-state index in [-0.39, 0.29) is 11.9 Å². The molecule has 0 saturated carbocycles. The largest absolute Gasteiger partial charge is 0.498 e. The van der Waals surface area contributed by atoms with E-state index in [1.54, 1.807) is 40.1 Å². The molecule has 2 amide bonds. The van der Waals surface area contributed by atoms with Gasteiger partial charge in [0.1, 0.15) is 11.6 Å². The highest BCUT2D eigenvalue weighted by molar-refractivity contribution is 6.61. The van der Waals surface area contributed by atoms with Crippen molar-refractivity contribution < 1.29 is 23.6 Å². The van der Waals surface area contributed by atoms with E-state index in [9.17, 15) is 9.59 Å². The number of nitrogens with zero attached hydrogens (tertiary/aromatic N) is 3. The van der Waals surface area contributed by atoms with Gasteiger partial charge in [0.15, 0.2) is 0 Å². The van der Waals surface area contributed by atoms with Crippen LogP contribution in [0, 0.1) is 0 Å². The Balaban J connectivity index is 1.58. The van der Waals surface area contributed by atoms with E-state index < -0.39 is 36.1 Å². The van der Waals surface area contributed by atoms with Crippen molar-refractivity contribution in [2.24, 2.45) is 0 Å². The number of ether oxygens (including phenoxy) is 1. The van der Waals surface area contributed by atoms with Crippen LogP contribution in [-0.2, 0) is 18.8 Å². The molecule has 1 aromatic heterocycles. The van der Waals surface area contributed by atoms with Crippen LogP contribution in [0.25, 0.3) is 0 Å². The maximum Gasteiger partial charge on any atom is 0.498 e. The van der Waals surface area contributed by atoms with Crippen molar-refractivity contribution in [1.82, 2.24) is 20.6 Å². The van der Waals surface area contributed by atoms with Crippen molar-refractivity contribution in [2.75, 3.05) is 18.0 Å². The molecule has 194 valence electrons. The molecule has 0 bridgehead atoms. The quantitative estimate of drug-likeness (QED) is 0.585. The zero-order valence-electron chi connectivity index (χ0n) is 22.3. The van der Waals surface area contributed by atoms with Crippen molar-refractivity contribution in [3.8, 4) is 0 Å². The summed E-state index contributed by atoms with van der Waals surface area (Å²) in [6.07, 6.45) is 5.90. The Kier molecular flexibility index (Phi) is 8.01. The number of nitrogens with one attached hydrogen (secondary N) is 2. The molecule has 3 rings (SSSR count). The summed E-state index contributed by atoms with van der Waals surface area (Å²) in [5.41, 5.74) is -0.707. The van der Waals surface area contributed by atoms with E-state index in [1.165, 1.54) is 0 Å². The molecule has 0 radical (unpaired) electrons. The fraction of sp³-hybridized carbons (Fsp3) is 0.750. The maximum absolute atomic E-state index is 12.6. The van der Waals surface area contributed by atoms with Gasteiger partial charge in [0.2, 0.25) is 11.9 Å². The van der Waals surface area contributed by atoms with Crippen LogP contribution in [0.3, 0.4) is 0 Å². The number of rotatable bonds is 6. The van der Waals surface area contributed by atoms with Gasteiger partial charge < -0.3 is 29.6 Å². The van der Waals surface area contributed by atoms with E-state index in [0.29, 0.717) is 12.5 Å². The minimum Gasteiger partial charge on any atom is -0.444 e. The van der Waals surface area contributed by atoms with Gasteiger partial charge in [-0.15, -0.1) is 0 Å². The molecular weight excluding hydrogens is 449 g/mol. The number of carbonyl (C=O) groups excluding carboxylic acids is 2. The van der Waals surface area contributed by atoms with Gasteiger partial charge in [-0.25, -0.2) is 14.8 Å². The minimum absolute atomic E-state index is 0.0594. The first-order valence-electron chi connectivity index (χ1n) is 12.4. The van der Waals surface area contributed by atoms with E-state index in [1.807, 2.05) is 27.7 Å². The van der Waals surface area contributed by atoms with Gasteiger partial charge in [-0.1, -0.05) is 0 Å². The monoisotopic (exact) mass is 489 g/mol. The van der Waals surface area contributed by atoms with Crippen LogP contribution in [-0.4, -0.2) is 71.1 Å². The predicted octanol–water partition coefficient (Wildman–Crippen LogP) is 2.16. The topological polar surface area (TPSA) is 115 Å². The highest BCUT2D eigenvalue weighted by Crippen LogP contribution is 2.36. The fourth-order valence-electron chi connectivity index (χ4n) is 3.98. The predicted molar refractivity (Wildman–Crippen MR) is 135 cm³/mol. The summed E-state index contributed by atoms with van der Waals surface area (Å²) in [5, 5.41) is 5.52. The van der Waals surface area contributed by atoms with Crippen molar-refractivity contribution in [3.05, 3.63) is 12.4 Å². The van der Waals surface area contributed by atoms with Crippen molar-refractivity contribution in [3.63, 3.8) is 0 Å². The number of aromatic nitrogens is 2. The molecule has 0 unspecified atom stereocenters. The van der Waals surface area contributed by atoms with Crippen LogP contribution >= 0.6 is 0 Å². The average molecular weight is 489 g/mol. The second-order valence-electron chi connectivity index (χ2n) is 11.4. The summed E-state index contributed by atoms with van der Waals surface area (Å²) in [6.45, 7) is 16.3. The molecule has 2 aliphatic heterocycles. The molecule has 11 heteroatoms. The lowest BCUT2D eigenvalue weighted by atomic mass is 9.81. The molecule has 2 aliphatic rings. The maximum atomic E-state index is 12.6. The summed E-state index contributed by atoms with van der Waals surface area (Å²) in [5.74, 6) is 0.350. The van der Waals surface area contributed by atoms with Crippen LogP contribution in [0.4, 0.5) is 10.7 Å². The lowest BCUT2D eigenvalue weighted by Crippen LogP contribution is -2.52. The zero-order valence-corrected chi connectivity index (χ0v) is 22.3. The summed E-state index contributed by atoms with van der Waals surface area (Å²) in [4.78, 5) is 35.8. The first-order valence-corrected chi connectivity index (χ1v) is 12.4. The number of hydrogen-bond acceptors (Lipinski definition) is 8. The number of carbonyl (C=O) groups is 2. The van der Waals surface area contributed by atoms with Crippen LogP contribution in [0.15, 0.2) is 12.4 Å². The van der Waals surface area contributed by atoms with Gasteiger partial charge >= 0.3 is 13.2 Å². The number of piperidine rings is 1. The Morgan fingerprint density at radius 1 is 1.17 bits per heavy atom. The molecule has 2 N–H and O–H groups in total. The van der Waals surface area contributed by atoms with Crippen LogP contribution in [0.2, 0.25) is 0 Å². The molecule has 0 spiro atoms. The average Bonchev–Trinajstić information content (AvgIpc) is 2.98. The van der Waals surface area contributed by atoms with Crippen molar-refractivity contribution in [1.29, 1.82) is 0 Å². The normalized spacial score (nSPS) is 22.5. The SMILES string of the molecule is C[C@@H](NC(=O)OC(C)(C)C)C(=O)NC[C@H]1CCCCN1c1ncc(B2OC(C)(C)C(C)(C)O2)cn1. The second-order valence-corrected chi connectivity index (χ2v) is 11.4. The molecule has 2 fully saturated rings. The molecule has 0 aliphatic carbocycles. The Morgan fingerprint density at radius 3 is 2.34 bits per heavy atom. The fourth-order valence-corrected chi connectivity index (χ4v) is 3.98. The van der Waals surface area contributed by atoms with Gasteiger partial charge in [-0.05, 0) is 74.7 Å². The van der Waals surface area contributed by atoms with Gasteiger partial charge in [0.05, 0.1) is 11.2 Å². The van der Waals surface area contributed by atoms with E-state index in [0.717, 1.165) is 31.3 Å². The summed E-state index contributed by atoms with van der Waals surface area (Å²) in [6, 6.07) is -0.651. The molecule has 0 aromatic carbocycles. The molecule has 2 atom stereocenters. The van der Waals surface area contributed by atoms with Crippen molar-refractivity contribution >= 4 is 30.5 Å². The third-order valence-corrected chi connectivity index (χ3v) is 6.71. The molecule has 35 heavy (non-hydrogen) atoms. The number of alkyl carbamates (subject to hydrolysis) is 1. The van der Waals surface area contributed by atoms with Crippen LogP contribution < -0.4 is 21.0 Å². The Labute approximate surface area is 209 Å². The lowest BCUT2D eigenvalue weighted by Gasteiger charge is -2.36. The summed E-state index contributed by atoms with van der Waals surface area (Å²) >= 11 is 0. The summed E-state index contributed by atoms with van der Waals surface area (Å²) < 4.78 is 17.4. The lowest BCUT2D eigenvalue weighted by molar-refractivity contribution is -0.122. The second kappa shape index (κ2) is 10.3. The molecular formula is C24H40BN5O5. The van der Waals surface area contributed by atoms with Gasteiger partial charge in [-0.2, -0.15) is 0 Å². The molecule has 10 nitrogen and oxygen atoms in total. The smallest absolute Gasteiger partial charge is 0.444 e. The Morgan fingerprint density at radius 2 is 1.77 bits per heavy atom. The van der Waals surface area contributed by atoms with Crippen LogP contribution in [0.1, 0.15) is 74.7 Å². The Hall–Kier alpha value is -2.40. The number of hydrogen-bond donors (Lipinski definition) is 2. The first kappa shape index (κ1) is 27.2. The Bertz CT molecular complexity index is 887. The number of anilines is 1. The van der Waals surface area contributed by atoms with Crippen molar-refractivity contribution in [2.45, 2.75) is 104 Å². The van der Waals surface area contributed by atoms with E-state index in [4.69, 9.17) is 14.0 Å².